The zero-order valence-electron chi connectivity index (χ0n) is 14.0. The SMILES string of the molecule is CN1CCC(c2cc([N+](=O)[O-])cc(C#N)c2N2CCNCC2)CC1. The van der Waals surface area contributed by atoms with Crippen LogP contribution in [0.2, 0.25) is 0 Å². The smallest absolute Gasteiger partial charge is 0.271 e. The minimum atomic E-state index is -0.388. The molecule has 1 aromatic carbocycles. The molecule has 0 radical (unpaired) electrons. The van der Waals surface area contributed by atoms with Crippen LogP contribution in [0.25, 0.3) is 0 Å². The lowest BCUT2D eigenvalue weighted by molar-refractivity contribution is -0.384. The standard InChI is InChI=1S/C17H23N5O2/c1-20-6-2-13(3-7-20)16-11-15(22(23)24)10-14(12-18)17(16)21-8-4-19-5-9-21/h10-11,13,19H,2-9H2,1H3. The summed E-state index contributed by atoms with van der Waals surface area (Å²) in [4.78, 5) is 15.4. The molecule has 0 unspecified atom stereocenters. The van der Waals surface area contributed by atoms with Crippen molar-refractivity contribution in [2.75, 3.05) is 51.2 Å². The molecule has 0 amide bonds. The van der Waals surface area contributed by atoms with Crippen molar-refractivity contribution in [3.05, 3.63) is 33.4 Å². The number of piperidine rings is 1. The molecule has 2 aliphatic rings. The van der Waals surface area contributed by atoms with Gasteiger partial charge in [0.15, 0.2) is 0 Å². The third-order valence-corrected chi connectivity index (χ3v) is 5.05. The van der Waals surface area contributed by atoms with Crippen molar-refractivity contribution >= 4 is 11.4 Å². The highest BCUT2D eigenvalue weighted by molar-refractivity contribution is 5.69. The average Bonchev–Trinajstić information content (AvgIpc) is 2.62. The maximum Gasteiger partial charge on any atom is 0.271 e. The van der Waals surface area contributed by atoms with Gasteiger partial charge in [0.25, 0.3) is 5.69 Å². The van der Waals surface area contributed by atoms with Crippen molar-refractivity contribution in [2.45, 2.75) is 18.8 Å². The van der Waals surface area contributed by atoms with E-state index in [1.807, 2.05) is 0 Å². The summed E-state index contributed by atoms with van der Waals surface area (Å²) in [6, 6.07) is 5.33. The minimum Gasteiger partial charge on any atom is -0.368 e. The molecule has 7 nitrogen and oxygen atoms in total. The van der Waals surface area contributed by atoms with Crippen LogP contribution in [-0.4, -0.2) is 56.1 Å². The summed E-state index contributed by atoms with van der Waals surface area (Å²) in [6.45, 7) is 5.36. The average molecular weight is 329 g/mol. The Bertz CT molecular complexity index is 656. The van der Waals surface area contributed by atoms with Gasteiger partial charge in [0.05, 0.1) is 16.2 Å². The molecule has 0 saturated carbocycles. The molecular formula is C17H23N5O2. The summed E-state index contributed by atoms with van der Waals surface area (Å²) >= 11 is 0. The third-order valence-electron chi connectivity index (χ3n) is 5.05. The largest absolute Gasteiger partial charge is 0.368 e. The summed E-state index contributed by atoms with van der Waals surface area (Å²) in [5.41, 5.74) is 2.36. The van der Waals surface area contributed by atoms with Gasteiger partial charge in [0, 0.05) is 38.3 Å². The predicted molar refractivity (Wildman–Crippen MR) is 92.4 cm³/mol. The van der Waals surface area contributed by atoms with Crippen molar-refractivity contribution in [1.82, 2.24) is 10.2 Å². The van der Waals surface area contributed by atoms with E-state index in [2.05, 4.69) is 28.2 Å². The van der Waals surface area contributed by atoms with Crippen LogP contribution in [0, 0.1) is 21.4 Å². The molecule has 1 aromatic rings. The number of hydrogen-bond donors (Lipinski definition) is 1. The molecule has 1 N–H and O–H groups in total. The van der Waals surface area contributed by atoms with Crippen molar-refractivity contribution in [3.8, 4) is 6.07 Å². The van der Waals surface area contributed by atoms with E-state index >= 15 is 0 Å². The Kier molecular flexibility index (Phi) is 4.97. The van der Waals surface area contributed by atoms with Gasteiger partial charge in [0.2, 0.25) is 0 Å². The Morgan fingerprint density at radius 2 is 1.92 bits per heavy atom. The molecule has 2 fully saturated rings. The molecule has 0 atom stereocenters. The van der Waals surface area contributed by atoms with E-state index in [-0.39, 0.29) is 16.5 Å². The number of non-ortho nitro benzene ring substituents is 1. The Hall–Kier alpha value is -2.17. The molecule has 0 aliphatic carbocycles. The number of nitriles is 1. The molecule has 2 aliphatic heterocycles. The van der Waals surface area contributed by atoms with Gasteiger partial charge >= 0.3 is 0 Å². The molecule has 24 heavy (non-hydrogen) atoms. The lowest BCUT2D eigenvalue weighted by Crippen LogP contribution is -2.44. The highest BCUT2D eigenvalue weighted by Gasteiger charge is 2.28. The van der Waals surface area contributed by atoms with Crippen LogP contribution in [0.15, 0.2) is 12.1 Å². The number of anilines is 1. The lowest BCUT2D eigenvalue weighted by Gasteiger charge is -2.35. The molecule has 7 heteroatoms. The molecule has 3 rings (SSSR count). The Morgan fingerprint density at radius 3 is 2.50 bits per heavy atom. The predicted octanol–water partition coefficient (Wildman–Crippen LogP) is 1.69. The first-order valence-corrected chi connectivity index (χ1v) is 8.47. The fraction of sp³-hybridized carbons (Fsp3) is 0.588. The van der Waals surface area contributed by atoms with E-state index in [0.29, 0.717) is 5.56 Å². The van der Waals surface area contributed by atoms with Gasteiger partial charge in [-0.05, 0) is 44.5 Å². The van der Waals surface area contributed by atoms with E-state index < -0.39 is 0 Å². The van der Waals surface area contributed by atoms with Crippen molar-refractivity contribution in [1.29, 1.82) is 5.26 Å². The maximum absolute atomic E-state index is 11.3. The number of likely N-dealkylation sites (tertiary alicyclic amines) is 1. The zero-order chi connectivity index (χ0) is 17.1. The topological polar surface area (TPSA) is 85.4 Å². The molecule has 0 bridgehead atoms. The molecule has 0 spiro atoms. The first-order chi connectivity index (χ1) is 11.6. The van der Waals surface area contributed by atoms with Crippen LogP contribution in [0.4, 0.5) is 11.4 Å². The van der Waals surface area contributed by atoms with E-state index in [9.17, 15) is 15.4 Å². The van der Waals surface area contributed by atoms with Crippen molar-refractivity contribution < 1.29 is 4.92 Å². The van der Waals surface area contributed by atoms with Gasteiger partial charge in [-0.25, -0.2) is 0 Å². The number of nitro groups is 1. The molecule has 0 aromatic heterocycles. The van der Waals surface area contributed by atoms with Crippen LogP contribution in [0.5, 0.6) is 0 Å². The summed E-state index contributed by atoms with van der Waals surface area (Å²) in [7, 11) is 2.10. The highest BCUT2D eigenvalue weighted by atomic mass is 16.6. The van der Waals surface area contributed by atoms with Crippen molar-refractivity contribution in [2.24, 2.45) is 0 Å². The Balaban J connectivity index is 2.06. The van der Waals surface area contributed by atoms with Gasteiger partial charge in [-0.1, -0.05) is 0 Å². The highest BCUT2D eigenvalue weighted by Crippen LogP contribution is 2.39. The van der Waals surface area contributed by atoms with Crippen LogP contribution < -0.4 is 10.2 Å². The maximum atomic E-state index is 11.3. The second-order valence-corrected chi connectivity index (χ2v) is 6.61. The van der Waals surface area contributed by atoms with Gasteiger partial charge in [-0.15, -0.1) is 0 Å². The molecule has 2 saturated heterocycles. The summed E-state index contributed by atoms with van der Waals surface area (Å²) < 4.78 is 0. The number of rotatable bonds is 3. The quantitative estimate of drug-likeness (QED) is 0.671. The van der Waals surface area contributed by atoms with E-state index in [1.165, 1.54) is 6.07 Å². The number of benzene rings is 1. The van der Waals surface area contributed by atoms with Gasteiger partial charge in [-0.3, -0.25) is 10.1 Å². The summed E-state index contributed by atoms with van der Waals surface area (Å²) in [6.07, 6.45) is 1.95. The van der Waals surface area contributed by atoms with E-state index in [4.69, 9.17) is 0 Å². The van der Waals surface area contributed by atoms with Gasteiger partial charge in [-0.2, -0.15) is 5.26 Å². The second-order valence-electron chi connectivity index (χ2n) is 6.61. The lowest BCUT2D eigenvalue weighted by atomic mass is 9.86. The summed E-state index contributed by atoms with van der Waals surface area (Å²) in [5, 5.41) is 24.2. The number of nitro benzene ring substituents is 1. The minimum absolute atomic E-state index is 0.0272. The number of hydrogen-bond acceptors (Lipinski definition) is 6. The molecular weight excluding hydrogens is 306 g/mol. The normalized spacial score (nSPS) is 19.9. The first kappa shape index (κ1) is 16.7. The molecule has 2 heterocycles. The van der Waals surface area contributed by atoms with Crippen LogP contribution in [0.1, 0.15) is 29.9 Å². The molecule has 128 valence electrons. The fourth-order valence-electron chi connectivity index (χ4n) is 3.70. The van der Waals surface area contributed by atoms with Crippen LogP contribution >= 0.6 is 0 Å². The monoisotopic (exact) mass is 329 g/mol. The summed E-state index contributed by atoms with van der Waals surface area (Å²) in [5.74, 6) is 0.276. The second kappa shape index (κ2) is 7.16. The van der Waals surface area contributed by atoms with Crippen molar-refractivity contribution in [3.63, 3.8) is 0 Å². The van der Waals surface area contributed by atoms with Gasteiger partial charge < -0.3 is 15.1 Å². The first-order valence-electron chi connectivity index (χ1n) is 8.47. The van der Waals surface area contributed by atoms with Crippen LogP contribution in [-0.2, 0) is 0 Å². The Morgan fingerprint density at radius 1 is 1.25 bits per heavy atom. The van der Waals surface area contributed by atoms with Gasteiger partial charge in [0.1, 0.15) is 6.07 Å². The number of nitrogens with zero attached hydrogens (tertiary/aromatic N) is 4. The zero-order valence-corrected chi connectivity index (χ0v) is 14.0. The van der Waals surface area contributed by atoms with Crippen LogP contribution in [0.3, 0.4) is 0 Å². The fourth-order valence-corrected chi connectivity index (χ4v) is 3.70. The Labute approximate surface area is 142 Å². The third kappa shape index (κ3) is 3.35. The number of piperazine rings is 1. The van der Waals surface area contributed by atoms with E-state index in [0.717, 1.165) is 63.4 Å². The number of nitrogens with one attached hydrogen (secondary N) is 1. The van der Waals surface area contributed by atoms with E-state index in [1.54, 1.807) is 6.07 Å².